The Hall–Kier alpha value is -2.30. The molecule has 21 heavy (non-hydrogen) atoms. The van der Waals surface area contributed by atoms with E-state index in [0.717, 1.165) is 18.4 Å². The van der Waals surface area contributed by atoms with Crippen LogP contribution in [0, 0.1) is 12.8 Å². The van der Waals surface area contributed by atoms with Crippen molar-refractivity contribution in [1.29, 1.82) is 0 Å². The Morgan fingerprint density at radius 2 is 1.90 bits per heavy atom. The first-order valence-corrected chi connectivity index (χ1v) is 7.12. The molecule has 110 valence electrons. The van der Waals surface area contributed by atoms with Gasteiger partial charge in [0.25, 0.3) is 5.56 Å². The van der Waals surface area contributed by atoms with Crippen molar-refractivity contribution in [3.05, 3.63) is 50.7 Å². The van der Waals surface area contributed by atoms with Crippen LogP contribution in [0.15, 0.2) is 33.9 Å². The average molecular weight is 286 g/mol. The van der Waals surface area contributed by atoms with Crippen molar-refractivity contribution < 1.29 is 5.11 Å². The van der Waals surface area contributed by atoms with Gasteiger partial charge in [-0.2, -0.15) is 0 Å². The van der Waals surface area contributed by atoms with Gasteiger partial charge in [-0.3, -0.25) is 14.3 Å². The molecular formula is C16H18N2O3. The molecule has 0 unspecified atom stereocenters. The van der Waals surface area contributed by atoms with E-state index in [9.17, 15) is 14.7 Å². The van der Waals surface area contributed by atoms with Gasteiger partial charge in [0.15, 0.2) is 0 Å². The van der Waals surface area contributed by atoms with Gasteiger partial charge >= 0.3 is 5.69 Å². The van der Waals surface area contributed by atoms with Gasteiger partial charge in [-0.1, -0.05) is 31.2 Å². The SMILES string of the molecule is Cc1ccccc1-c1c(O)n(C2CC(C)C2)c(=O)[nH]c1=O. The molecule has 1 aliphatic rings. The zero-order chi connectivity index (χ0) is 15.1. The smallest absolute Gasteiger partial charge is 0.331 e. The Morgan fingerprint density at radius 3 is 2.52 bits per heavy atom. The van der Waals surface area contributed by atoms with E-state index in [1.165, 1.54) is 4.57 Å². The second-order valence-corrected chi connectivity index (χ2v) is 5.87. The third-order valence-corrected chi connectivity index (χ3v) is 4.25. The summed E-state index contributed by atoms with van der Waals surface area (Å²) in [5.41, 5.74) is 0.622. The Labute approximate surface area is 121 Å². The zero-order valence-electron chi connectivity index (χ0n) is 12.1. The molecule has 3 rings (SSSR count). The number of H-pyrrole nitrogens is 1. The third kappa shape index (κ3) is 2.18. The lowest BCUT2D eigenvalue weighted by Gasteiger charge is -2.34. The van der Waals surface area contributed by atoms with Crippen LogP contribution in [-0.4, -0.2) is 14.7 Å². The highest BCUT2D eigenvalue weighted by atomic mass is 16.3. The molecule has 2 aromatic rings. The van der Waals surface area contributed by atoms with Crippen molar-refractivity contribution in [1.82, 2.24) is 9.55 Å². The van der Waals surface area contributed by atoms with Gasteiger partial charge in [-0.25, -0.2) is 4.79 Å². The van der Waals surface area contributed by atoms with E-state index in [-0.39, 0.29) is 17.5 Å². The fourth-order valence-corrected chi connectivity index (χ4v) is 3.04. The molecule has 0 amide bonds. The Kier molecular flexibility index (Phi) is 3.20. The lowest BCUT2D eigenvalue weighted by atomic mass is 9.81. The highest BCUT2D eigenvalue weighted by Gasteiger charge is 2.31. The number of aromatic amines is 1. The summed E-state index contributed by atoms with van der Waals surface area (Å²) in [7, 11) is 0. The summed E-state index contributed by atoms with van der Waals surface area (Å²) in [5.74, 6) is 0.310. The number of rotatable bonds is 2. The molecule has 5 nitrogen and oxygen atoms in total. The third-order valence-electron chi connectivity index (χ3n) is 4.25. The summed E-state index contributed by atoms with van der Waals surface area (Å²) >= 11 is 0. The van der Waals surface area contributed by atoms with Crippen LogP contribution in [0.3, 0.4) is 0 Å². The van der Waals surface area contributed by atoms with Gasteiger partial charge in [0.05, 0.1) is 0 Å². The van der Waals surface area contributed by atoms with Crippen LogP contribution in [-0.2, 0) is 0 Å². The number of aromatic hydroxyl groups is 1. The van der Waals surface area contributed by atoms with Gasteiger partial charge in [0.2, 0.25) is 5.88 Å². The van der Waals surface area contributed by atoms with Crippen molar-refractivity contribution in [2.45, 2.75) is 32.7 Å². The number of aryl methyl sites for hydroxylation is 1. The number of hydrogen-bond acceptors (Lipinski definition) is 3. The summed E-state index contributed by atoms with van der Waals surface area (Å²) in [6, 6.07) is 7.29. The molecule has 1 heterocycles. The fourth-order valence-electron chi connectivity index (χ4n) is 3.04. The van der Waals surface area contributed by atoms with E-state index in [2.05, 4.69) is 11.9 Å². The van der Waals surface area contributed by atoms with E-state index in [0.29, 0.717) is 11.5 Å². The topological polar surface area (TPSA) is 75.1 Å². The molecule has 1 aromatic heterocycles. The molecule has 1 saturated carbocycles. The first-order chi connectivity index (χ1) is 9.99. The molecule has 1 fully saturated rings. The number of nitrogens with zero attached hydrogens (tertiary/aromatic N) is 1. The molecule has 0 radical (unpaired) electrons. The first kappa shape index (κ1) is 13.7. The molecule has 1 aromatic carbocycles. The van der Waals surface area contributed by atoms with Crippen LogP contribution in [0.4, 0.5) is 0 Å². The van der Waals surface area contributed by atoms with Gasteiger partial charge in [0.1, 0.15) is 5.56 Å². The first-order valence-electron chi connectivity index (χ1n) is 7.12. The lowest BCUT2D eigenvalue weighted by molar-refractivity contribution is 0.193. The average Bonchev–Trinajstić information content (AvgIpc) is 2.38. The van der Waals surface area contributed by atoms with Crippen LogP contribution in [0.1, 0.15) is 31.4 Å². The predicted molar refractivity (Wildman–Crippen MR) is 80.6 cm³/mol. The maximum absolute atomic E-state index is 12.1. The van der Waals surface area contributed by atoms with Gasteiger partial charge in [0, 0.05) is 6.04 Å². The van der Waals surface area contributed by atoms with E-state index >= 15 is 0 Å². The normalized spacial score (nSPS) is 21.0. The fraction of sp³-hybridized carbons (Fsp3) is 0.375. The summed E-state index contributed by atoms with van der Waals surface area (Å²) in [4.78, 5) is 26.5. The summed E-state index contributed by atoms with van der Waals surface area (Å²) < 4.78 is 1.32. The summed E-state index contributed by atoms with van der Waals surface area (Å²) in [6.07, 6.45) is 1.68. The lowest BCUT2D eigenvalue weighted by Crippen LogP contribution is -2.37. The highest BCUT2D eigenvalue weighted by molar-refractivity contribution is 5.70. The molecule has 2 N–H and O–H groups in total. The van der Waals surface area contributed by atoms with Gasteiger partial charge in [-0.15, -0.1) is 0 Å². The minimum Gasteiger partial charge on any atom is -0.494 e. The maximum atomic E-state index is 12.1. The quantitative estimate of drug-likeness (QED) is 0.888. The molecule has 5 heteroatoms. The highest BCUT2D eigenvalue weighted by Crippen LogP contribution is 2.39. The maximum Gasteiger partial charge on any atom is 0.331 e. The Morgan fingerprint density at radius 1 is 1.24 bits per heavy atom. The summed E-state index contributed by atoms with van der Waals surface area (Å²) in [5, 5.41) is 10.5. The van der Waals surface area contributed by atoms with Gasteiger partial charge < -0.3 is 5.11 Å². The van der Waals surface area contributed by atoms with Crippen LogP contribution in [0.25, 0.3) is 11.1 Å². The minimum absolute atomic E-state index is 0.0351. The molecule has 0 spiro atoms. The van der Waals surface area contributed by atoms with Crippen LogP contribution in [0.5, 0.6) is 5.88 Å². The Balaban J connectivity index is 2.23. The molecule has 0 atom stereocenters. The minimum atomic E-state index is -0.546. The monoisotopic (exact) mass is 286 g/mol. The van der Waals surface area contributed by atoms with E-state index < -0.39 is 11.2 Å². The zero-order valence-corrected chi connectivity index (χ0v) is 12.1. The Bertz CT molecular complexity index is 798. The van der Waals surface area contributed by atoms with Gasteiger partial charge in [-0.05, 0) is 36.8 Å². The van der Waals surface area contributed by atoms with Crippen molar-refractivity contribution in [2.75, 3.05) is 0 Å². The number of aromatic nitrogens is 2. The largest absolute Gasteiger partial charge is 0.494 e. The summed E-state index contributed by atoms with van der Waals surface area (Å²) in [6.45, 7) is 3.97. The molecule has 0 saturated heterocycles. The van der Waals surface area contributed by atoms with Crippen molar-refractivity contribution >= 4 is 0 Å². The molecule has 0 bridgehead atoms. The van der Waals surface area contributed by atoms with E-state index in [4.69, 9.17) is 0 Å². The van der Waals surface area contributed by atoms with E-state index in [1.807, 2.05) is 25.1 Å². The van der Waals surface area contributed by atoms with E-state index in [1.54, 1.807) is 6.07 Å². The number of benzene rings is 1. The van der Waals surface area contributed by atoms with Crippen LogP contribution < -0.4 is 11.2 Å². The van der Waals surface area contributed by atoms with Crippen LogP contribution in [0.2, 0.25) is 0 Å². The molecular weight excluding hydrogens is 268 g/mol. The predicted octanol–water partition coefficient (Wildman–Crippen LogP) is 2.19. The van der Waals surface area contributed by atoms with Crippen molar-refractivity contribution in [3.8, 4) is 17.0 Å². The molecule has 1 aliphatic carbocycles. The standard InChI is InChI=1S/C16H18N2O3/c1-9-7-11(8-9)18-15(20)13(14(19)17-16(18)21)12-6-4-3-5-10(12)2/h3-6,9,11,20H,7-8H2,1-2H3,(H,17,19,21). The second-order valence-electron chi connectivity index (χ2n) is 5.87. The number of hydrogen-bond donors (Lipinski definition) is 2. The van der Waals surface area contributed by atoms with Crippen molar-refractivity contribution in [3.63, 3.8) is 0 Å². The van der Waals surface area contributed by atoms with Crippen LogP contribution >= 0.6 is 0 Å². The van der Waals surface area contributed by atoms with Crippen molar-refractivity contribution in [2.24, 2.45) is 5.92 Å². The second kappa shape index (κ2) is 4.91. The molecule has 0 aliphatic heterocycles. The number of nitrogens with one attached hydrogen (secondary N) is 1.